The summed E-state index contributed by atoms with van der Waals surface area (Å²) in [6.45, 7) is 3.62. The van der Waals surface area contributed by atoms with Gasteiger partial charge in [-0.2, -0.15) is 5.10 Å². The zero-order valence-electron chi connectivity index (χ0n) is 8.93. The topological polar surface area (TPSA) is 48.9 Å². The summed E-state index contributed by atoms with van der Waals surface area (Å²) in [6.07, 6.45) is 3.34. The SMILES string of the molecule is C=CCC(O)c1cn[nH]c1-c1ccccc1. The lowest BCUT2D eigenvalue weighted by Gasteiger charge is -2.08. The molecular weight excluding hydrogens is 200 g/mol. The van der Waals surface area contributed by atoms with Gasteiger partial charge in [0.25, 0.3) is 0 Å². The van der Waals surface area contributed by atoms with Crippen molar-refractivity contribution >= 4 is 0 Å². The van der Waals surface area contributed by atoms with E-state index in [1.165, 1.54) is 0 Å². The molecule has 1 heterocycles. The van der Waals surface area contributed by atoms with Crippen LogP contribution in [0.4, 0.5) is 0 Å². The van der Waals surface area contributed by atoms with Crippen LogP contribution < -0.4 is 0 Å². The molecule has 0 saturated heterocycles. The van der Waals surface area contributed by atoms with Crippen LogP contribution in [0.2, 0.25) is 0 Å². The molecule has 2 aromatic rings. The zero-order valence-corrected chi connectivity index (χ0v) is 8.93. The molecule has 82 valence electrons. The Bertz CT molecular complexity index is 462. The number of hydrogen-bond acceptors (Lipinski definition) is 2. The lowest BCUT2D eigenvalue weighted by molar-refractivity contribution is 0.182. The molecule has 0 spiro atoms. The maximum Gasteiger partial charge on any atom is 0.0861 e. The minimum absolute atomic E-state index is 0.527. The molecule has 0 fully saturated rings. The fourth-order valence-corrected chi connectivity index (χ4v) is 1.67. The lowest BCUT2D eigenvalue weighted by atomic mass is 10.0. The molecule has 1 atom stereocenters. The number of aliphatic hydroxyl groups excluding tert-OH is 1. The van der Waals surface area contributed by atoms with Crippen LogP contribution >= 0.6 is 0 Å². The molecule has 1 aromatic heterocycles. The maximum absolute atomic E-state index is 9.92. The molecular formula is C13H14N2O. The van der Waals surface area contributed by atoms with E-state index in [-0.39, 0.29) is 0 Å². The third-order valence-corrected chi connectivity index (χ3v) is 2.48. The van der Waals surface area contributed by atoms with E-state index < -0.39 is 6.10 Å². The zero-order chi connectivity index (χ0) is 11.4. The van der Waals surface area contributed by atoms with E-state index in [2.05, 4.69) is 16.8 Å². The standard InChI is InChI=1S/C13H14N2O/c1-2-6-12(16)11-9-14-15-13(11)10-7-4-3-5-8-10/h2-5,7-9,12,16H,1,6H2,(H,14,15). The highest BCUT2D eigenvalue weighted by Gasteiger charge is 2.14. The third-order valence-electron chi connectivity index (χ3n) is 2.48. The first-order valence-corrected chi connectivity index (χ1v) is 5.20. The molecule has 2 rings (SSSR count). The summed E-state index contributed by atoms with van der Waals surface area (Å²) in [4.78, 5) is 0. The fraction of sp³-hybridized carbons (Fsp3) is 0.154. The molecule has 0 radical (unpaired) electrons. The second kappa shape index (κ2) is 4.77. The normalized spacial score (nSPS) is 12.3. The Hall–Kier alpha value is -1.87. The van der Waals surface area contributed by atoms with Gasteiger partial charge in [0.2, 0.25) is 0 Å². The highest BCUT2D eigenvalue weighted by Crippen LogP contribution is 2.27. The molecule has 0 saturated carbocycles. The summed E-state index contributed by atoms with van der Waals surface area (Å²) in [5.41, 5.74) is 2.71. The van der Waals surface area contributed by atoms with Crippen LogP contribution in [0.25, 0.3) is 11.3 Å². The van der Waals surface area contributed by atoms with Gasteiger partial charge in [-0.1, -0.05) is 36.4 Å². The van der Waals surface area contributed by atoms with Crippen molar-refractivity contribution in [1.82, 2.24) is 10.2 Å². The number of nitrogens with one attached hydrogen (secondary N) is 1. The van der Waals surface area contributed by atoms with E-state index in [9.17, 15) is 5.11 Å². The first-order valence-electron chi connectivity index (χ1n) is 5.20. The number of aliphatic hydroxyl groups is 1. The Morgan fingerprint density at radius 3 is 2.81 bits per heavy atom. The van der Waals surface area contributed by atoms with Crippen LogP contribution in [0.1, 0.15) is 18.1 Å². The minimum atomic E-state index is -0.550. The van der Waals surface area contributed by atoms with E-state index >= 15 is 0 Å². The van der Waals surface area contributed by atoms with Crippen LogP contribution in [-0.4, -0.2) is 15.3 Å². The number of rotatable bonds is 4. The number of aromatic nitrogens is 2. The largest absolute Gasteiger partial charge is 0.388 e. The van der Waals surface area contributed by atoms with Crippen molar-refractivity contribution in [3.05, 3.63) is 54.7 Å². The monoisotopic (exact) mass is 214 g/mol. The highest BCUT2D eigenvalue weighted by molar-refractivity contribution is 5.62. The van der Waals surface area contributed by atoms with Crippen molar-refractivity contribution in [3.63, 3.8) is 0 Å². The number of H-pyrrole nitrogens is 1. The van der Waals surface area contributed by atoms with Crippen molar-refractivity contribution in [1.29, 1.82) is 0 Å². The van der Waals surface area contributed by atoms with Crippen molar-refractivity contribution in [3.8, 4) is 11.3 Å². The molecule has 3 heteroatoms. The smallest absolute Gasteiger partial charge is 0.0861 e. The van der Waals surface area contributed by atoms with E-state index in [1.54, 1.807) is 12.3 Å². The van der Waals surface area contributed by atoms with Crippen molar-refractivity contribution in [2.75, 3.05) is 0 Å². The second-order valence-electron chi connectivity index (χ2n) is 3.61. The summed E-state index contributed by atoms with van der Waals surface area (Å²) < 4.78 is 0. The molecule has 0 amide bonds. The fourth-order valence-electron chi connectivity index (χ4n) is 1.67. The van der Waals surface area contributed by atoms with Crippen molar-refractivity contribution in [2.24, 2.45) is 0 Å². The Labute approximate surface area is 94.5 Å². The number of nitrogens with zero attached hydrogens (tertiary/aromatic N) is 1. The van der Waals surface area contributed by atoms with Crippen LogP contribution in [0.15, 0.2) is 49.2 Å². The Morgan fingerprint density at radius 2 is 2.12 bits per heavy atom. The van der Waals surface area contributed by atoms with Crippen molar-refractivity contribution < 1.29 is 5.11 Å². The van der Waals surface area contributed by atoms with Gasteiger partial charge in [0.05, 0.1) is 18.0 Å². The van der Waals surface area contributed by atoms with Crippen LogP contribution in [0, 0.1) is 0 Å². The third kappa shape index (κ3) is 2.04. The highest BCUT2D eigenvalue weighted by atomic mass is 16.3. The lowest BCUT2D eigenvalue weighted by Crippen LogP contribution is -1.96. The molecule has 0 aliphatic heterocycles. The van der Waals surface area contributed by atoms with Gasteiger partial charge < -0.3 is 5.11 Å². The molecule has 0 bridgehead atoms. The first-order chi connectivity index (χ1) is 7.83. The molecule has 1 aromatic carbocycles. The predicted molar refractivity (Wildman–Crippen MR) is 63.8 cm³/mol. The van der Waals surface area contributed by atoms with Gasteiger partial charge in [0.1, 0.15) is 0 Å². The molecule has 3 nitrogen and oxygen atoms in total. The Morgan fingerprint density at radius 1 is 1.38 bits per heavy atom. The summed E-state index contributed by atoms with van der Waals surface area (Å²) >= 11 is 0. The summed E-state index contributed by atoms with van der Waals surface area (Å²) in [5, 5.41) is 16.8. The van der Waals surface area contributed by atoms with Gasteiger partial charge in [-0.15, -0.1) is 6.58 Å². The average Bonchev–Trinajstić information content (AvgIpc) is 2.79. The number of aromatic amines is 1. The Balaban J connectivity index is 2.36. The Kier molecular flexibility index (Phi) is 3.17. The van der Waals surface area contributed by atoms with Gasteiger partial charge >= 0.3 is 0 Å². The van der Waals surface area contributed by atoms with Gasteiger partial charge in [0, 0.05) is 5.56 Å². The van der Waals surface area contributed by atoms with Crippen LogP contribution in [0.5, 0.6) is 0 Å². The maximum atomic E-state index is 9.92. The summed E-state index contributed by atoms with van der Waals surface area (Å²) in [5.74, 6) is 0. The van der Waals surface area contributed by atoms with Crippen LogP contribution in [-0.2, 0) is 0 Å². The van der Waals surface area contributed by atoms with Gasteiger partial charge in [-0.05, 0) is 12.0 Å². The molecule has 0 aliphatic carbocycles. The van der Waals surface area contributed by atoms with Gasteiger partial charge in [0.15, 0.2) is 0 Å². The number of hydrogen-bond donors (Lipinski definition) is 2. The molecule has 2 N–H and O–H groups in total. The molecule has 0 aliphatic rings. The van der Waals surface area contributed by atoms with Gasteiger partial charge in [-0.25, -0.2) is 0 Å². The van der Waals surface area contributed by atoms with E-state index in [0.717, 1.165) is 16.8 Å². The van der Waals surface area contributed by atoms with E-state index in [0.29, 0.717) is 6.42 Å². The van der Waals surface area contributed by atoms with E-state index in [4.69, 9.17) is 0 Å². The average molecular weight is 214 g/mol. The summed E-state index contributed by atoms with van der Waals surface area (Å²) in [6, 6.07) is 9.84. The van der Waals surface area contributed by atoms with Gasteiger partial charge in [-0.3, -0.25) is 5.10 Å². The van der Waals surface area contributed by atoms with Crippen LogP contribution in [0.3, 0.4) is 0 Å². The number of benzene rings is 1. The quantitative estimate of drug-likeness (QED) is 0.769. The predicted octanol–water partition coefficient (Wildman–Crippen LogP) is 2.69. The van der Waals surface area contributed by atoms with E-state index in [1.807, 2.05) is 30.3 Å². The minimum Gasteiger partial charge on any atom is -0.388 e. The van der Waals surface area contributed by atoms with Crippen molar-refractivity contribution in [2.45, 2.75) is 12.5 Å². The second-order valence-corrected chi connectivity index (χ2v) is 3.61. The first kappa shape index (κ1) is 10.6. The summed E-state index contributed by atoms with van der Waals surface area (Å²) in [7, 11) is 0. The molecule has 16 heavy (non-hydrogen) atoms. The molecule has 1 unspecified atom stereocenters.